The Hall–Kier alpha value is -0.280. The lowest BCUT2D eigenvalue weighted by molar-refractivity contribution is -0.123. The molecular weight excluding hydrogens is 353 g/mol. The van der Waals surface area contributed by atoms with Gasteiger partial charge in [0.25, 0.3) is 0 Å². The molecule has 2 aliphatic rings. The third-order valence-electron chi connectivity index (χ3n) is 4.12. The Morgan fingerprint density at radius 2 is 1.57 bits per heavy atom. The first-order valence-electron chi connectivity index (χ1n) is 7.82. The quantitative estimate of drug-likeness (QED) is 0.328. The minimum Gasteiger partial charge on any atom is -0.741 e. The summed E-state index contributed by atoms with van der Waals surface area (Å²) in [6, 6.07) is 0. The van der Waals surface area contributed by atoms with E-state index in [2.05, 4.69) is 0 Å². The molecule has 2 aliphatic carbocycles. The monoisotopic (exact) mass is 376 g/mol. The van der Waals surface area contributed by atoms with Gasteiger partial charge in [0.2, 0.25) is 0 Å². The second-order valence-corrected chi connectivity index (χ2v) is 8.80. The fourth-order valence-electron chi connectivity index (χ4n) is 2.79. The SMILES string of the molecule is O=C1CCCCC1C[SH+]C1CCCCC1.O=S(=O)([O-])C(F)(F)F. The van der Waals surface area contributed by atoms with Crippen molar-refractivity contribution in [1.82, 2.24) is 0 Å². The van der Waals surface area contributed by atoms with Gasteiger partial charge < -0.3 is 4.55 Å². The number of thiol groups is 1. The van der Waals surface area contributed by atoms with Gasteiger partial charge in [-0.15, -0.1) is 0 Å². The Balaban J connectivity index is 0.000000284. The van der Waals surface area contributed by atoms with Crippen molar-refractivity contribution in [2.75, 3.05) is 5.75 Å². The van der Waals surface area contributed by atoms with Gasteiger partial charge in [-0.05, 0) is 50.3 Å². The number of rotatable bonds is 3. The van der Waals surface area contributed by atoms with Crippen molar-refractivity contribution in [3.05, 3.63) is 0 Å². The molecule has 0 spiro atoms. The lowest BCUT2D eigenvalue weighted by Crippen LogP contribution is -2.26. The van der Waals surface area contributed by atoms with Crippen LogP contribution in [0.15, 0.2) is 0 Å². The fourth-order valence-corrected chi connectivity index (χ4v) is 4.46. The first-order chi connectivity index (χ1) is 10.6. The average molecular weight is 376 g/mol. The van der Waals surface area contributed by atoms with E-state index in [0.29, 0.717) is 11.7 Å². The van der Waals surface area contributed by atoms with Crippen LogP contribution in [0.5, 0.6) is 0 Å². The van der Waals surface area contributed by atoms with E-state index in [-0.39, 0.29) is 0 Å². The number of hydrogen-bond donors (Lipinski definition) is 0. The van der Waals surface area contributed by atoms with E-state index < -0.39 is 15.6 Å². The second-order valence-electron chi connectivity index (χ2n) is 5.97. The van der Waals surface area contributed by atoms with E-state index in [0.717, 1.165) is 18.1 Å². The van der Waals surface area contributed by atoms with Crippen molar-refractivity contribution >= 4 is 27.7 Å². The highest BCUT2D eigenvalue weighted by Crippen LogP contribution is 2.25. The molecule has 9 heteroatoms. The highest BCUT2D eigenvalue weighted by atomic mass is 32.2. The first kappa shape index (κ1) is 20.8. The number of ketones is 1. The molecule has 23 heavy (non-hydrogen) atoms. The molecule has 0 aromatic heterocycles. The summed E-state index contributed by atoms with van der Waals surface area (Å²) in [6.45, 7) is 0. The van der Waals surface area contributed by atoms with Gasteiger partial charge in [0.15, 0.2) is 10.1 Å². The van der Waals surface area contributed by atoms with Crippen LogP contribution < -0.4 is 0 Å². The minimum absolute atomic E-state index is 0.433. The summed E-state index contributed by atoms with van der Waals surface area (Å²) >= 11 is 1.58. The predicted molar refractivity (Wildman–Crippen MR) is 83.2 cm³/mol. The van der Waals surface area contributed by atoms with Crippen LogP contribution in [0.3, 0.4) is 0 Å². The summed E-state index contributed by atoms with van der Waals surface area (Å²) in [5.41, 5.74) is -5.65. The lowest BCUT2D eigenvalue weighted by Gasteiger charge is -2.20. The van der Waals surface area contributed by atoms with Crippen LogP contribution in [-0.4, -0.2) is 35.3 Å². The Morgan fingerprint density at radius 1 is 1.04 bits per heavy atom. The number of hydrogen-bond acceptors (Lipinski definition) is 4. The smallest absolute Gasteiger partial charge is 0.485 e. The standard InChI is InChI=1S/C13H22OS.CHF3O3S/c14-13-9-5-4-6-11(13)10-15-12-7-2-1-3-8-12;2-1(3,4)8(5,6)7/h11-12H,1-10H2;(H,5,6,7). The summed E-state index contributed by atoms with van der Waals surface area (Å²) in [5, 5.41) is 0.925. The Morgan fingerprint density at radius 3 is 2.04 bits per heavy atom. The number of alkyl halides is 3. The zero-order valence-corrected chi connectivity index (χ0v) is 14.6. The van der Waals surface area contributed by atoms with E-state index in [1.807, 2.05) is 0 Å². The Bertz CT molecular complexity index is 471. The van der Waals surface area contributed by atoms with Crippen molar-refractivity contribution in [3.63, 3.8) is 0 Å². The molecule has 0 amide bonds. The molecule has 136 valence electrons. The molecule has 2 fully saturated rings. The van der Waals surface area contributed by atoms with Crippen LogP contribution in [0.1, 0.15) is 57.8 Å². The third-order valence-corrected chi connectivity index (χ3v) is 6.37. The van der Waals surface area contributed by atoms with E-state index in [1.165, 1.54) is 50.7 Å². The number of Topliss-reactive ketones (excluding diaryl/α,β-unsaturated/α-hetero) is 1. The molecule has 4 nitrogen and oxygen atoms in total. The second kappa shape index (κ2) is 9.27. The average Bonchev–Trinajstić information content (AvgIpc) is 2.46. The summed E-state index contributed by atoms with van der Waals surface area (Å²) in [6.07, 6.45) is 11.6. The molecule has 1 unspecified atom stereocenters. The highest BCUT2D eigenvalue weighted by molar-refractivity contribution is 7.86. The maximum Gasteiger partial charge on any atom is 0.485 e. The zero-order chi connectivity index (χ0) is 17.5. The van der Waals surface area contributed by atoms with Gasteiger partial charge in [0, 0.05) is 6.42 Å². The van der Waals surface area contributed by atoms with Crippen LogP contribution in [0.2, 0.25) is 0 Å². The van der Waals surface area contributed by atoms with Gasteiger partial charge >= 0.3 is 5.51 Å². The van der Waals surface area contributed by atoms with Crippen LogP contribution in [-0.2, 0) is 26.7 Å². The molecule has 0 aromatic rings. The number of halogens is 3. The molecule has 0 aliphatic heterocycles. The van der Waals surface area contributed by atoms with Crippen molar-refractivity contribution in [2.45, 2.75) is 68.5 Å². The fraction of sp³-hybridized carbons (Fsp3) is 0.929. The zero-order valence-electron chi connectivity index (χ0n) is 12.8. The summed E-state index contributed by atoms with van der Waals surface area (Å²) in [5.74, 6) is 2.16. The van der Waals surface area contributed by atoms with Gasteiger partial charge in [-0.1, -0.05) is 12.8 Å². The molecule has 1 atom stereocenters. The molecule has 0 bridgehead atoms. The van der Waals surface area contributed by atoms with Crippen molar-refractivity contribution in [1.29, 1.82) is 0 Å². The Labute approximate surface area is 139 Å². The maximum absolute atomic E-state index is 11.7. The van der Waals surface area contributed by atoms with Crippen LogP contribution >= 0.6 is 0 Å². The number of carbonyl (C=O) groups is 1. The lowest BCUT2D eigenvalue weighted by atomic mass is 9.89. The summed E-state index contributed by atoms with van der Waals surface area (Å²) in [7, 11) is -6.09. The first-order valence-corrected chi connectivity index (χ1v) is 10.4. The van der Waals surface area contributed by atoms with Crippen LogP contribution in [0.25, 0.3) is 0 Å². The van der Waals surface area contributed by atoms with Gasteiger partial charge in [0.05, 0.1) is 5.92 Å². The molecule has 2 saturated carbocycles. The predicted octanol–water partition coefficient (Wildman–Crippen LogP) is 2.94. The van der Waals surface area contributed by atoms with Gasteiger partial charge in [-0.3, -0.25) is 4.79 Å². The highest BCUT2D eigenvalue weighted by Gasteiger charge is 2.37. The van der Waals surface area contributed by atoms with Crippen molar-refractivity contribution in [2.24, 2.45) is 5.92 Å². The molecular formula is C14H23F3O4S2. The number of carbonyl (C=O) groups excluding carboxylic acids is 1. The van der Waals surface area contributed by atoms with Gasteiger partial charge in [-0.2, -0.15) is 13.2 Å². The third kappa shape index (κ3) is 7.89. The van der Waals surface area contributed by atoms with E-state index in [1.54, 1.807) is 11.8 Å². The summed E-state index contributed by atoms with van der Waals surface area (Å²) in [4.78, 5) is 11.7. The largest absolute Gasteiger partial charge is 0.741 e. The van der Waals surface area contributed by atoms with Crippen molar-refractivity contribution < 1.29 is 30.9 Å². The maximum atomic E-state index is 11.7. The van der Waals surface area contributed by atoms with Crippen LogP contribution in [0, 0.1) is 5.92 Å². The molecule has 0 heterocycles. The van der Waals surface area contributed by atoms with Gasteiger partial charge in [0.1, 0.15) is 16.8 Å². The minimum atomic E-state index is -6.09. The Kier molecular flexibility index (Phi) is 8.37. The van der Waals surface area contributed by atoms with Gasteiger partial charge in [-0.25, -0.2) is 8.42 Å². The molecule has 0 aromatic carbocycles. The summed E-state index contributed by atoms with van der Waals surface area (Å²) < 4.78 is 58.9. The van der Waals surface area contributed by atoms with E-state index >= 15 is 0 Å². The van der Waals surface area contributed by atoms with Crippen molar-refractivity contribution in [3.8, 4) is 0 Å². The topological polar surface area (TPSA) is 74.3 Å². The molecule has 0 radical (unpaired) electrons. The molecule has 0 N–H and O–H groups in total. The normalized spacial score (nSPS) is 24.0. The van der Waals surface area contributed by atoms with E-state index in [9.17, 15) is 18.0 Å². The molecule has 2 rings (SSSR count). The van der Waals surface area contributed by atoms with E-state index in [4.69, 9.17) is 13.0 Å². The van der Waals surface area contributed by atoms with Crippen LogP contribution in [0.4, 0.5) is 13.2 Å². The molecule has 0 saturated heterocycles.